The van der Waals surface area contributed by atoms with Gasteiger partial charge >= 0.3 is 15.4 Å². The fourth-order valence-electron chi connectivity index (χ4n) is 9.23. The minimum Gasteiger partial charge on any atom is -0.382 e. The van der Waals surface area contributed by atoms with Gasteiger partial charge in [0.15, 0.2) is 29.3 Å². The number of nitrogens with two attached hydrogens (primary N) is 1. The first kappa shape index (κ1) is 44.2. The molecule has 0 amide bonds. The van der Waals surface area contributed by atoms with Crippen molar-refractivity contribution in [3.63, 3.8) is 0 Å². The third-order valence-corrected chi connectivity index (χ3v) is 15.7. The Kier molecular flexibility index (Phi) is 15.9. The number of fused-ring (bicyclic) bond motifs is 2. The molecule has 11 nitrogen and oxygen atoms in total. The lowest BCUT2D eigenvalue weighted by Crippen LogP contribution is -2.42. The van der Waals surface area contributed by atoms with Gasteiger partial charge < -0.3 is 20.5 Å². The van der Waals surface area contributed by atoms with E-state index in [9.17, 15) is 4.89 Å². The molecule has 0 spiro atoms. The lowest BCUT2D eigenvalue weighted by Gasteiger charge is -2.49. The highest BCUT2D eigenvalue weighted by Gasteiger charge is 2.58. The van der Waals surface area contributed by atoms with Crippen LogP contribution in [0, 0.1) is 52.8 Å². The maximum Gasteiger partial charge on any atom is 0.488 e. The van der Waals surface area contributed by atoms with Crippen LogP contribution in [0.25, 0.3) is 11.2 Å². The number of rotatable bonds is 21. The molecule has 13 heteroatoms. The fraction of sp³-hybridized carbons (Fsp3) is 0.875. The number of aromatic nitrogens is 4. The normalized spacial score (nSPS) is 29.1. The van der Waals surface area contributed by atoms with E-state index >= 15 is 0 Å². The first-order chi connectivity index (χ1) is 25.0. The molecule has 2 aromatic rings. The van der Waals surface area contributed by atoms with Crippen molar-refractivity contribution in [3.8, 4) is 0 Å². The van der Waals surface area contributed by atoms with Gasteiger partial charge in [0.1, 0.15) is 25.1 Å². The number of imidazole rings is 1. The molecule has 10 unspecified atom stereocenters. The number of hydrogen-bond donors (Lipinski definition) is 3. The molecule has 2 aliphatic rings. The number of nitrogen functional groups attached to an aromatic ring is 1. The van der Waals surface area contributed by atoms with Gasteiger partial charge in [0.05, 0.1) is 0 Å². The third-order valence-electron chi connectivity index (χ3n) is 14.6. The molecule has 2 aromatic heterocycles. The first-order valence-electron chi connectivity index (χ1n) is 20.7. The van der Waals surface area contributed by atoms with Gasteiger partial charge in [-0.1, -0.05) is 115 Å². The molecule has 2 fully saturated rings. The molecule has 2 aliphatic heterocycles. The molecule has 4 N–H and O–H groups in total. The molecular formula is C40H73BN6O5P+. The van der Waals surface area contributed by atoms with Gasteiger partial charge in [0, 0.05) is 13.7 Å². The van der Waals surface area contributed by atoms with Crippen molar-refractivity contribution in [2.24, 2.45) is 52.8 Å². The van der Waals surface area contributed by atoms with Gasteiger partial charge in [-0.05, 0) is 65.6 Å². The lowest BCUT2D eigenvalue weighted by atomic mass is 9.56. The van der Waals surface area contributed by atoms with Gasteiger partial charge in [-0.15, -0.1) is 0 Å². The van der Waals surface area contributed by atoms with Crippen LogP contribution in [0.15, 0.2) is 6.33 Å². The number of ether oxygens (including phenoxy) is 2. The van der Waals surface area contributed by atoms with Gasteiger partial charge in [0.2, 0.25) is 5.95 Å². The highest BCUT2D eigenvalue weighted by Crippen LogP contribution is 2.59. The Hall–Kier alpha value is -1.56. The van der Waals surface area contributed by atoms with Crippen LogP contribution < -0.4 is 11.1 Å². The van der Waals surface area contributed by atoms with Crippen molar-refractivity contribution >= 4 is 38.3 Å². The van der Waals surface area contributed by atoms with Gasteiger partial charge in [0.25, 0.3) is 0 Å². The average Bonchev–Trinajstić information content (AvgIpc) is 3.70. The molecule has 13 atom stereocenters. The van der Waals surface area contributed by atoms with Crippen molar-refractivity contribution in [2.75, 3.05) is 31.3 Å². The minimum absolute atomic E-state index is 0.0950. The topological polar surface area (TPSA) is 139 Å². The van der Waals surface area contributed by atoms with Crippen molar-refractivity contribution in [1.29, 1.82) is 0 Å². The SMILES string of the molecule is [B][P+]1(O)OC[C@H]2O[C@@H](n3c(NCCCCCCCC(C)(C(C)C(C)C(C)C(C)CC)C(C)C(C)C(C)C(C)CC)nc4c(N)ncnc43)C(OC)[C@H]2O1. The molecule has 2 radical (unpaired) electrons. The third kappa shape index (κ3) is 9.88. The van der Waals surface area contributed by atoms with Crippen LogP contribution in [0.4, 0.5) is 11.8 Å². The second kappa shape index (κ2) is 19.1. The summed E-state index contributed by atoms with van der Waals surface area (Å²) in [5.74, 6) is 6.45. The zero-order chi connectivity index (χ0) is 39.2. The predicted molar refractivity (Wildman–Crippen MR) is 218 cm³/mol. The van der Waals surface area contributed by atoms with Gasteiger partial charge in [-0.2, -0.15) is 9.05 Å². The Morgan fingerprint density at radius 3 is 2.13 bits per heavy atom. The summed E-state index contributed by atoms with van der Waals surface area (Å²) >= 11 is 0. The van der Waals surface area contributed by atoms with E-state index in [1.807, 2.05) is 4.57 Å². The fourth-order valence-corrected chi connectivity index (χ4v) is 10.3. The first-order valence-corrected chi connectivity index (χ1v) is 22.3. The number of methoxy groups -OCH3 is 1. The van der Waals surface area contributed by atoms with Gasteiger partial charge in [-0.25, -0.2) is 19.8 Å². The number of nitrogens with one attached hydrogen (secondary N) is 1. The van der Waals surface area contributed by atoms with Crippen LogP contribution in [0.5, 0.6) is 0 Å². The maximum atomic E-state index is 10.3. The van der Waals surface area contributed by atoms with Crippen molar-refractivity contribution in [2.45, 2.75) is 152 Å². The highest BCUT2D eigenvalue weighted by atomic mass is 31.2. The van der Waals surface area contributed by atoms with Crippen LogP contribution in [0.3, 0.4) is 0 Å². The summed E-state index contributed by atoms with van der Waals surface area (Å²) in [7, 11) is 3.97. The quantitative estimate of drug-likeness (QED) is 0.0641. The molecular weight excluding hydrogens is 686 g/mol. The summed E-state index contributed by atoms with van der Waals surface area (Å²) in [6, 6.07) is 0. The minimum atomic E-state index is -3.46. The molecule has 0 saturated carbocycles. The summed E-state index contributed by atoms with van der Waals surface area (Å²) in [4.78, 5) is 23.8. The summed E-state index contributed by atoms with van der Waals surface area (Å²) < 4.78 is 25.2. The largest absolute Gasteiger partial charge is 0.488 e. The monoisotopic (exact) mass is 760 g/mol. The number of unbranched alkanes of at least 4 members (excludes halogenated alkanes) is 4. The Bertz CT molecular complexity index is 1410. The number of anilines is 2. The van der Waals surface area contributed by atoms with Crippen LogP contribution >= 0.6 is 7.82 Å². The average molecular weight is 760 g/mol. The highest BCUT2D eigenvalue weighted by molar-refractivity contribution is 7.85. The summed E-state index contributed by atoms with van der Waals surface area (Å²) in [6.07, 6.45) is 8.63. The zero-order valence-electron chi connectivity index (χ0n) is 35.0. The second-order valence-electron chi connectivity index (χ2n) is 17.2. The maximum absolute atomic E-state index is 10.3. The Balaban J connectivity index is 1.38. The number of hydrogen-bond acceptors (Lipinski definition) is 10. The predicted octanol–water partition coefficient (Wildman–Crippen LogP) is 9.24. The zero-order valence-corrected chi connectivity index (χ0v) is 35.9. The van der Waals surface area contributed by atoms with Crippen molar-refractivity contribution in [1.82, 2.24) is 19.5 Å². The van der Waals surface area contributed by atoms with E-state index in [4.69, 9.17) is 36.8 Å². The van der Waals surface area contributed by atoms with E-state index in [0.29, 0.717) is 52.6 Å². The molecule has 53 heavy (non-hydrogen) atoms. The van der Waals surface area contributed by atoms with E-state index in [0.717, 1.165) is 31.2 Å². The Morgan fingerprint density at radius 2 is 1.55 bits per heavy atom. The summed E-state index contributed by atoms with van der Waals surface area (Å²) in [5.41, 5.74) is 7.53. The van der Waals surface area contributed by atoms with Crippen LogP contribution in [0.1, 0.15) is 134 Å². The molecule has 2 saturated heterocycles. The number of nitrogens with zero attached hydrogens (tertiary/aromatic N) is 4. The summed E-state index contributed by atoms with van der Waals surface area (Å²) in [5, 5.41) is 3.52. The standard InChI is InChI=1S/C40H73BN6O5P/c1-13-24(3)26(5)28(7)30(9)40(11,31(10)29(8)27(6)25(4)14-2)20-18-16-15-17-19-21-43-39-46-33-36(42)44-23-45-37(33)47(39)38-35(49-12)34-32(51-38)22-50-53(41,48)52-34/h23-32,34-35,38,48H,13-22H2,1-12H3,(H,43,46)(H2,42,44,45)/q+1/t24?,25?,26?,27?,28?,29?,30?,31?,32-,34+,35?,38-,40?,53?/m1/s1. The summed E-state index contributed by atoms with van der Waals surface area (Å²) in [6.45, 7) is 28.2. The van der Waals surface area contributed by atoms with Crippen molar-refractivity contribution in [3.05, 3.63) is 6.33 Å². The van der Waals surface area contributed by atoms with Gasteiger partial charge in [-0.3, -0.25) is 4.57 Å². The Morgan fingerprint density at radius 1 is 0.962 bits per heavy atom. The van der Waals surface area contributed by atoms with Crippen LogP contribution in [-0.4, -0.2) is 70.6 Å². The molecule has 4 rings (SSSR count). The van der Waals surface area contributed by atoms with E-state index in [2.05, 4.69) is 91.4 Å². The van der Waals surface area contributed by atoms with Crippen LogP contribution in [-0.2, 0) is 18.5 Å². The molecule has 0 aliphatic carbocycles. The molecule has 300 valence electrons. The molecule has 0 bridgehead atoms. The Labute approximate surface area is 323 Å². The molecule has 4 heterocycles. The second-order valence-corrected chi connectivity index (χ2v) is 18.8. The van der Waals surface area contributed by atoms with Crippen LogP contribution in [0.2, 0.25) is 0 Å². The van der Waals surface area contributed by atoms with E-state index in [1.54, 1.807) is 7.11 Å². The van der Waals surface area contributed by atoms with E-state index in [-0.39, 0.29) is 17.8 Å². The smallest absolute Gasteiger partial charge is 0.382 e. The lowest BCUT2D eigenvalue weighted by molar-refractivity contribution is -0.0609. The van der Waals surface area contributed by atoms with E-state index < -0.39 is 32.4 Å². The van der Waals surface area contributed by atoms with Crippen molar-refractivity contribution < 1.29 is 23.4 Å². The van der Waals surface area contributed by atoms with E-state index in [1.165, 1.54) is 44.9 Å². The molecule has 0 aromatic carbocycles.